The van der Waals surface area contributed by atoms with Crippen LogP contribution in [0.1, 0.15) is 31.9 Å². The fourth-order valence-corrected chi connectivity index (χ4v) is 3.87. The van der Waals surface area contributed by atoms with E-state index in [-0.39, 0.29) is 22.3 Å². The first-order chi connectivity index (χ1) is 9.25. The number of hydrogen-bond acceptors (Lipinski definition) is 4. The van der Waals surface area contributed by atoms with Crippen LogP contribution in [0.15, 0.2) is 23.1 Å². The second-order valence-electron chi connectivity index (χ2n) is 5.69. The van der Waals surface area contributed by atoms with Crippen LogP contribution in [0.25, 0.3) is 0 Å². The average Bonchev–Trinajstić information content (AvgIpc) is 2.37. The summed E-state index contributed by atoms with van der Waals surface area (Å²) in [4.78, 5) is 0.234. The molecule has 4 nitrogen and oxygen atoms in total. The molecule has 20 heavy (non-hydrogen) atoms. The van der Waals surface area contributed by atoms with E-state index in [1.165, 1.54) is 18.2 Å². The van der Waals surface area contributed by atoms with Gasteiger partial charge in [0.05, 0.1) is 16.2 Å². The molecule has 0 saturated heterocycles. The van der Waals surface area contributed by atoms with E-state index in [0.717, 1.165) is 0 Å². The lowest BCUT2D eigenvalue weighted by Crippen LogP contribution is -2.40. The maximum atomic E-state index is 13.4. The SMILES string of the molecule is COC(C)(C)CNC1CCS(=O)(=O)c2ccc(F)cc21. The molecule has 0 bridgehead atoms. The third-order valence-corrected chi connectivity index (χ3v) is 5.50. The summed E-state index contributed by atoms with van der Waals surface area (Å²) in [5.74, 6) is -0.338. The second kappa shape index (κ2) is 5.42. The van der Waals surface area contributed by atoms with Gasteiger partial charge in [-0.2, -0.15) is 0 Å². The van der Waals surface area contributed by atoms with Crippen molar-refractivity contribution >= 4 is 9.84 Å². The van der Waals surface area contributed by atoms with Gasteiger partial charge in [-0.1, -0.05) is 0 Å². The summed E-state index contributed by atoms with van der Waals surface area (Å²) in [6, 6.07) is 3.69. The van der Waals surface area contributed by atoms with Crippen LogP contribution in [0.5, 0.6) is 0 Å². The van der Waals surface area contributed by atoms with Gasteiger partial charge in [-0.05, 0) is 44.0 Å². The normalized spacial score (nSPS) is 21.5. The lowest BCUT2D eigenvalue weighted by molar-refractivity contribution is 0.0208. The van der Waals surface area contributed by atoms with Crippen molar-refractivity contribution in [3.63, 3.8) is 0 Å². The predicted octanol–water partition coefficient (Wildman–Crippen LogP) is 2.06. The highest BCUT2D eigenvalue weighted by molar-refractivity contribution is 7.91. The summed E-state index contributed by atoms with van der Waals surface area (Å²) < 4.78 is 42.8. The molecule has 0 saturated carbocycles. The first-order valence-corrected chi connectivity index (χ1v) is 8.21. The molecule has 1 aromatic carbocycles. The Bertz CT molecular complexity index is 598. The number of rotatable bonds is 4. The van der Waals surface area contributed by atoms with Crippen LogP contribution >= 0.6 is 0 Å². The molecule has 1 aliphatic heterocycles. The largest absolute Gasteiger partial charge is 0.377 e. The van der Waals surface area contributed by atoms with Gasteiger partial charge in [-0.15, -0.1) is 0 Å². The summed E-state index contributed by atoms with van der Waals surface area (Å²) >= 11 is 0. The Morgan fingerprint density at radius 2 is 2.15 bits per heavy atom. The van der Waals surface area contributed by atoms with Gasteiger partial charge in [0.2, 0.25) is 0 Å². The molecule has 0 amide bonds. The van der Waals surface area contributed by atoms with Crippen LogP contribution in [0.4, 0.5) is 4.39 Å². The molecule has 2 rings (SSSR count). The molecule has 6 heteroatoms. The van der Waals surface area contributed by atoms with E-state index < -0.39 is 15.7 Å². The Labute approximate surface area is 119 Å². The van der Waals surface area contributed by atoms with Crippen LogP contribution in [-0.2, 0) is 14.6 Å². The third-order valence-electron chi connectivity index (χ3n) is 3.68. The Morgan fingerprint density at radius 3 is 2.80 bits per heavy atom. The third kappa shape index (κ3) is 3.19. The number of methoxy groups -OCH3 is 1. The number of nitrogens with one attached hydrogen (secondary N) is 1. The van der Waals surface area contributed by atoms with Gasteiger partial charge >= 0.3 is 0 Å². The monoisotopic (exact) mass is 301 g/mol. The number of ether oxygens (including phenoxy) is 1. The van der Waals surface area contributed by atoms with E-state index in [1.807, 2.05) is 13.8 Å². The Balaban J connectivity index is 2.28. The highest BCUT2D eigenvalue weighted by atomic mass is 32.2. The second-order valence-corrected chi connectivity index (χ2v) is 7.76. The van der Waals surface area contributed by atoms with E-state index in [0.29, 0.717) is 18.5 Å². The van der Waals surface area contributed by atoms with E-state index in [9.17, 15) is 12.8 Å². The van der Waals surface area contributed by atoms with Crippen molar-refractivity contribution in [1.29, 1.82) is 0 Å². The molecular formula is C14H20FNO3S. The maximum absolute atomic E-state index is 13.4. The molecule has 1 N–H and O–H groups in total. The van der Waals surface area contributed by atoms with Crippen molar-refractivity contribution in [3.05, 3.63) is 29.6 Å². The summed E-state index contributed by atoms with van der Waals surface area (Å²) in [5, 5.41) is 3.28. The lowest BCUT2D eigenvalue weighted by atomic mass is 10.0. The van der Waals surface area contributed by atoms with Crippen molar-refractivity contribution in [2.45, 2.75) is 36.8 Å². The molecule has 0 aliphatic carbocycles. The summed E-state index contributed by atoms with van der Waals surface area (Å²) in [6.45, 7) is 4.43. The van der Waals surface area contributed by atoms with Crippen molar-refractivity contribution < 1.29 is 17.5 Å². The standard InChI is InChI=1S/C14H20FNO3S/c1-14(2,19-3)9-16-12-6-7-20(17,18)13-5-4-10(15)8-11(12)13/h4-5,8,12,16H,6-7,9H2,1-3H3. The zero-order valence-corrected chi connectivity index (χ0v) is 12.8. The van der Waals surface area contributed by atoms with Crippen molar-refractivity contribution in [2.75, 3.05) is 19.4 Å². The van der Waals surface area contributed by atoms with Gasteiger partial charge in [-0.3, -0.25) is 0 Å². The molecule has 1 aromatic rings. The summed E-state index contributed by atoms with van der Waals surface area (Å²) in [5.41, 5.74) is 0.159. The fraction of sp³-hybridized carbons (Fsp3) is 0.571. The number of fused-ring (bicyclic) bond motifs is 1. The van der Waals surface area contributed by atoms with Gasteiger partial charge in [0, 0.05) is 19.7 Å². The van der Waals surface area contributed by atoms with Crippen molar-refractivity contribution in [1.82, 2.24) is 5.32 Å². The maximum Gasteiger partial charge on any atom is 0.178 e. The minimum Gasteiger partial charge on any atom is -0.377 e. The first kappa shape index (κ1) is 15.4. The lowest BCUT2D eigenvalue weighted by Gasteiger charge is -2.30. The van der Waals surface area contributed by atoms with Crippen LogP contribution in [0.3, 0.4) is 0 Å². The van der Waals surface area contributed by atoms with Gasteiger partial charge in [-0.25, -0.2) is 12.8 Å². The van der Waals surface area contributed by atoms with Crippen LogP contribution in [0, 0.1) is 5.82 Å². The van der Waals surface area contributed by atoms with Gasteiger partial charge in [0.15, 0.2) is 9.84 Å². The molecule has 1 aliphatic rings. The minimum atomic E-state index is -3.29. The molecule has 0 aromatic heterocycles. The first-order valence-electron chi connectivity index (χ1n) is 6.56. The van der Waals surface area contributed by atoms with Gasteiger partial charge in [0.25, 0.3) is 0 Å². The average molecular weight is 301 g/mol. The Morgan fingerprint density at radius 1 is 1.45 bits per heavy atom. The van der Waals surface area contributed by atoms with Crippen LogP contribution in [0.2, 0.25) is 0 Å². The quantitative estimate of drug-likeness (QED) is 0.865. The minimum absolute atomic E-state index is 0.0801. The number of hydrogen-bond donors (Lipinski definition) is 1. The van der Waals surface area contributed by atoms with Crippen molar-refractivity contribution in [2.24, 2.45) is 0 Å². The van der Waals surface area contributed by atoms with E-state index in [1.54, 1.807) is 7.11 Å². The topological polar surface area (TPSA) is 55.4 Å². The van der Waals surface area contributed by atoms with Crippen molar-refractivity contribution in [3.8, 4) is 0 Å². The molecule has 1 atom stereocenters. The molecule has 1 heterocycles. The molecule has 112 valence electrons. The number of halogens is 1. The Hall–Kier alpha value is -0.980. The highest BCUT2D eigenvalue weighted by Crippen LogP contribution is 2.32. The molecule has 0 fully saturated rings. The molecule has 0 radical (unpaired) electrons. The van der Waals surface area contributed by atoms with Crippen LogP contribution in [-0.4, -0.2) is 33.4 Å². The van der Waals surface area contributed by atoms with Crippen LogP contribution < -0.4 is 5.32 Å². The summed E-state index contributed by atoms with van der Waals surface area (Å²) in [7, 11) is -1.66. The zero-order chi connectivity index (χ0) is 15.0. The van der Waals surface area contributed by atoms with E-state index in [2.05, 4.69) is 5.32 Å². The van der Waals surface area contributed by atoms with Gasteiger partial charge < -0.3 is 10.1 Å². The summed E-state index contributed by atoms with van der Waals surface area (Å²) in [6.07, 6.45) is 0.443. The molecule has 1 unspecified atom stereocenters. The highest BCUT2D eigenvalue weighted by Gasteiger charge is 2.31. The van der Waals surface area contributed by atoms with E-state index >= 15 is 0 Å². The molecule has 0 spiro atoms. The predicted molar refractivity (Wildman–Crippen MR) is 74.9 cm³/mol. The zero-order valence-electron chi connectivity index (χ0n) is 11.9. The van der Waals surface area contributed by atoms with E-state index in [4.69, 9.17) is 4.74 Å². The Kier molecular flexibility index (Phi) is 4.18. The van der Waals surface area contributed by atoms with Gasteiger partial charge in [0.1, 0.15) is 5.82 Å². The number of sulfone groups is 1. The smallest absolute Gasteiger partial charge is 0.178 e. The fourth-order valence-electron chi connectivity index (χ4n) is 2.27. The molecular weight excluding hydrogens is 281 g/mol. The number of benzene rings is 1.